The van der Waals surface area contributed by atoms with Crippen LogP contribution in [0.1, 0.15) is 43.5 Å². The molecule has 0 radical (unpaired) electrons. The molecule has 1 aromatic rings. The van der Waals surface area contributed by atoms with Crippen molar-refractivity contribution in [1.82, 2.24) is 4.90 Å². The summed E-state index contributed by atoms with van der Waals surface area (Å²) in [6.45, 7) is 5.83. The molecule has 0 unspecified atom stereocenters. The number of carbonyl (C=O) groups is 1. The summed E-state index contributed by atoms with van der Waals surface area (Å²) in [6.07, 6.45) is 3.78. The Labute approximate surface area is 127 Å². The van der Waals surface area contributed by atoms with Crippen molar-refractivity contribution in [3.05, 3.63) is 23.8 Å². The van der Waals surface area contributed by atoms with Crippen LogP contribution in [0.25, 0.3) is 0 Å². The molecule has 1 aliphatic rings. The second-order valence-corrected chi connectivity index (χ2v) is 5.51. The standard InChI is InChI=1S/C17H25NO3/c1-4-20-15-10-9-14(11-16(15)21-5-2)17(19)18(3)12-13-7-6-8-13/h9-11,13H,4-8,12H2,1-3H3. The third-order valence-corrected chi connectivity index (χ3v) is 3.89. The SMILES string of the molecule is CCOc1ccc(C(=O)N(C)CC2CCC2)cc1OCC. The Kier molecular flexibility index (Phi) is 5.48. The van der Waals surface area contributed by atoms with Crippen LogP contribution in [0.4, 0.5) is 0 Å². The molecule has 1 amide bonds. The van der Waals surface area contributed by atoms with E-state index in [0.717, 1.165) is 6.54 Å². The molecule has 1 aliphatic carbocycles. The minimum Gasteiger partial charge on any atom is -0.490 e. The van der Waals surface area contributed by atoms with Crippen LogP contribution in [0.2, 0.25) is 0 Å². The molecule has 0 atom stereocenters. The molecular formula is C17H25NO3. The molecule has 0 aliphatic heterocycles. The first-order valence-electron chi connectivity index (χ1n) is 7.80. The Balaban J connectivity index is 2.10. The fourth-order valence-electron chi connectivity index (χ4n) is 2.55. The van der Waals surface area contributed by atoms with Gasteiger partial charge in [0.05, 0.1) is 13.2 Å². The first kappa shape index (κ1) is 15.7. The summed E-state index contributed by atoms with van der Waals surface area (Å²) < 4.78 is 11.1. The lowest BCUT2D eigenvalue weighted by molar-refractivity contribution is 0.0744. The number of carbonyl (C=O) groups excluding carboxylic acids is 1. The predicted octanol–water partition coefficient (Wildman–Crippen LogP) is 3.36. The van der Waals surface area contributed by atoms with E-state index in [1.54, 1.807) is 6.07 Å². The Morgan fingerprint density at radius 2 is 1.86 bits per heavy atom. The van der Waals surface area contributed by atoms with E-state index in [-0.39, 0.29) is 5.91 Å². The van der Waals surface area contributed by atoms with Crippen LogP contribution in [0, 0.1) is 5.92 Å². The molecule has 0 saturated heterocycles. The Morgan fingerprint density at radius 3 is 2.43 bits per heavy atom. The van der Waals surface area contributed by atoms with Gasteiger partial charge < -0.3 is 14.4 Å². The van der Waals surface area contributed by atoms with Crippen molar-refractivity contribution in [2.75, 3.05) is 26.8 Å². The van der Waals surface area contributed by atoms with Crippen molar-refractivity contribution in [3.63, 3.8) is 0 Å². The lowest BCUT2D eigenvalue weighted by atomic mass is 9.85. The van der Waals surface area contributed by atoms with Crippen LogP contribution >= 0.6 is 0 Å². The summed E-state index contributed by atoms with van der Waals surface area (Å²) in [7, 11) is 1.87. The van der Waals surface area contributed by atoms with E-state index < -0.39 is 0 Å². The van der Waals surface area contributed by atoms with Gasteiger partial charge in [-0.15, -0.1) is 0 Å². The lowest BCUT2D eigenvalue weighted by Gasteiger charge is -2.30. The zero-order valence-corrected chi connectivity index (χ0v) is 13.2. The molecule has 0 bridgehead atoms. The Hall–Kier alpha value is -1.71. The largest absolute Gasteiger partial charge is 0.490 e. The number of amides is 1. The molecule has 4 nitrogen and oxygen atoms in total. The van der Waals surface area contributed by atoms with Crippen molar-refractivity contribution < 1.29 is 14.3 Å². The first-order valence-corrected chi connectivity index (χ1v) is 7.80. The quantitative estimate of drug-likeness (QED) is 0.773. The minimum absolute atomic E-state index is 0.0471. The highest BCUT2D eigenvalue weighted by molar-refractivity contribution is 5.94. The maximum Gasteiger partial charge on any atom is 0.253 e. The number of nitrogens with zero attached hydrogens (tertiary/aromatic N) is 1. The third-order valence-electron chi connectivity index (χ3n) is 3.89. The van der Waals surface area contributed by atoms with Gasteiger partial charge in [-0.25, -0.2) is 0 Å². The Morgan fingerprint density at radius 1 is 1.19 bits per heavy atom. The fourth-order valence-corrected chi connectivity index (χ4v) is 2.55. The fraction of sp³-hybridized carbons (Fsp3) is 0.588. The smallest absolute Gasteiger partial charge is 0.253 e. The van der Waals surface area contributed by atoms with E-state index in [1.807, 2.05) is 37.9 Å². The second kappa shape index (κ2) is 7.34. The van der Waals surface area contributed by atoms with Crippen LogP contribution < -0.4 is 9.47 Å². The van der Waals surface area contributed by atoms with Crippen LogP contribution in [-0.4, -0.2) is 37.6 Å². The highest BCUT2D eigenvalue weighted by Crippen LogP contribution is 2.30. The van der Waals surface area contributed by atoms with Crippen molar-refractivity contribution in [2.45, 2.75) is 33.1 Å². The highest BCUT2D eigenvalue weighted by Gasteiger charge is 2.22. The van der Waals surface area contributed by atoms with Gasteiger partial charge in [-0.2, -0.15) is 0 Å². The van der Waals surface area contributed by atoms with E-state index in [0.29, 0.717) is 36.2 Å². The first-order chi connectivity index (χ1) is 10.2. The molecule has 1 saturated carbocycles. The molecule has 116 valence electrons. The van der Waals surface area contributed by atoms with Gasteiger partial charge in [0, 0.05) is 19.2 Å². The van der Waals surface area contributed by atoms with E-state index >= 15 is 0 Å². The van der Waals surface area contributed by atoms with E-state index in [2.05, 4.69) is 0 Å². The molecule has 0 aromatic heterocycles. The van der Waals surface area contributed by atoms with Gasteiger partial charge in [0.15, 0.2) is 11.5 Å². The summed E-state index contributed by atoms with van der Waals surface area (Å²) >= 11 is 0. The van der Waals surface area contributed by atoms with E-state index in [4.69, 9.17) is 9.47 Å². The van der Waals surface area contributed by atoms with Gasteiger partial charge in [0.2, 0.25) is 0 Å². The number of hydrogen-bond acceptors (Lipinski definition) is 3. The number of benzene rings is 1. The van der Waals surface area contributed by atoms with E-state index in [9.17, 15) is 4.79 Å². The molecule has 2 rings (SSSR count). The molecule has 0 heterocycles. The molecular weight excluding hydrogens is 266 g/mol. The summed E-state index contributed by atoms with van der Waals surface area (Å²) in [4.78, 5) is 14.3. The van der Waals surface area contributed by atoms with Crippen LogP contribution in [0.5, 0.6) is 11.5 Å². The molecule has 4 heteroatoms. The highest BCUT2D eigenvalue weighted by atomic mass is 16.5. The molecule has 21 heavy (non-hydrogen) atoms. The Bertz CT molecular complexity index is 483. The summed E-state index contributed by atoms with van der Waals surface area (Å²) in [6, 6.07) is 5.42. The zero-order valence-electron chi connectivity index (χ0n) is 13.2. The molecule has 0 spiro atoms. The molecule has 1 aromatic carbocycles. The van der Waals surface area contributed by atoms with Gasteiger partial charge in [0.1, 0.15) is 0 Å². The minimum atomic E-state index is 0.0471. The topological polar surface area (TPSA) is 38.8 Å². The predicted molar refractivity (Wildman–Crippen MR) is 83.1 cm³/mol. The normalized spacial score (nSPS) is 14.4. The number of hydrogen-bond donors (Lipinski definition) is 0. The van der Waals surface area contributed by atoms with Gasteiger partial charge in [0.25, 0.3) is 5.91 Å². The number of rotatable bonds is 7. The summed E-state index contributed by atoms with van der Waals surface area (Å²) in [5.74, 6) is 2.05. The van der Waals surface area contributed by atoms with Crippen LogP contribution in [-0.2, 0) is 0 Å². The van der Waals surface area contributed by atoms with E-state index in [1.165, 1.54) is 19.3 Å². The zero-order chi connectivity index (χ0) is 15.2. The monoisotopic (exact) mass is 291 g/mol. The third kappa shape index (κ3) is 3.90. The van der Waals surface area contributed by atoms with Gasteiger partial charge in [-0.1, -0.05) is 6.42 Å². The summed E-state index contributed by atoms with van der Waals surface area (Å²) in [5, 5.41) is 0. The lowest BCUT2D eigenvalue weighted by Crippen LogP contribution is -2.34. The molecule has 1 fully saturated rings. The number of ether oxygens (including phenoxy) is 2. The van der Waals surface area contributed by atoms with Crippen LogP contribution in [0.3, 0.4) is 0 Å². The molecule has 0 N–H and O–H groups in total. The van der Waals surface area contributed by atoms with Crippen molar-refractivity contribution in [1.29, 1.82) is 0 Å². The van der Waals surface area contributed by atoms with Gasteiger partial charge in [-0.05, 0) is 50.8 Å². The van der Waals surface area contributed by atoms with Gasteiger partial charge >= 0.3 is 0 Å². The average Bonchev–Trinajstić information content (AvgIpc) is 2.44. The summed E-state index contributed by atoms with van der Waals surface area (Å²) in [5.41, 5.74) is 0.656. The van der Waals surface area contributed by atoms with Crippen molar-refractivity contribution >= 4 is 5.91 Å². The van der Waals surface area contributed by atoms with Crippen LogP contribution in [0.15, 0.2) is 18.2 Å². The second-order valence-electron chi connectivity index (χ2n) is 5.51. The average molecular weight is 291 g/mol. The maximum atomic E-state index is 12.5. The van der Waals surface area contributed by atoms with Crippen molar-refractivity contribution in [2.24, 2.45) is 5.92 Å². The van der Waals surface area contributed by atoms with Gasteiger partial charge in [-0.3, -0.25) is 4.79 Å². The van der Waals surface area contributed by atoms with Crippen molar-refractivity contribution in [3.8, 4) is 11.5 Å². The maximum absolute atomic E-state index is 12.5.